The summed E-state index contributed by atoms with van der Waals surface area (Å²) < 4.78 is 11.4. The predicted octanol–water partition coefficient (Wildman–Crippen LogP) is 4.79. The minimum absolute atomic E-state index is 0.0187. The van der Waals surface area contributed by atoms with Crippen LogP contribution in [-0.2, 0) is 6.61 Å². The molecule has 40 heavy (non-hydrogen) atoms. The Bertz CT molecular complexity index is 1300. The van der Waals surface area contributed by atoms with Gasteiger partial charge in [-0.25, -0.2) is 5.43 Å². The highest BCUT2D eigenvalue weighted by atomic mass is 16.6. The summed E-state index contributed by atoms with van der Waals surface area (Å²) >= 11 is 0. The fourth-order valence-corrected chi connectivity index (χ4v) is 4.85. The Morgan fingerprint density at radius 2 is 1.60 bits per heavy atom. The summed E-state index contributed by atoms with van der Waals surface area (Å²) in [6.45, 7) is 3.92. The number of nitro groups is 1. The molecule has 2 aliphatic rings. The van der Waals surface area contributed by atoms with Gasteiger partial charge in [0.05, 0.1) is 18.2 Å². The second-order valence-corrected chi connectivity index (χ2v) is 9.85. The summed E-state index contributed by atoms with van der Waals surface area (Å²) in [5.74, 6) is 2.83. The van der Waals surface area contributed by atoms with Gasteiger partial charge < -0.3 is 19.3 Å². The van der Waals surface area contributed by atoms with Crippen molar-refractivity contribution in [2.24, 2.45) is 5.10 Å². The number of hydrogen-bond donors (Lipinski definition) is 1. The average molecular weight is 547 g/mol. The third kappa shape index (κ3) is 6.93. The molecule has 210 valence electrons. The monoisotopic (exact) mass is 546 g/mol. The first-order valence-electron chi connectivity index (χ1n) is 13.7. The number of nitrogens with one attached hydrogen (secondary N) is 1. The van der Waals surface area contributed by atoms with Gasteiger partial charge in [-0.15, -0.1) is 0 Å². The van der Waals surface area contributed by atoms with Crippen molar-refractivity contribution in [2.45, 2.75) is 45.1 Å². The third-order valence-electron chi connectivity index (χ3n) is 6.97. The number of benzene rings is 2. The molecule has 3 heterocycles. The first-order valence-corrected chi connectivity index (χ1v) is 13.7. The Kier molecular flexibility index (Phi) is 8.84. The predicted molar refractivity (Wildman–Crippen MR) is 154 cm³/mol. The number of methoxy groups -OCH3 is 1. The van der Waals surface area contributed by atoms with Gasteiger partial charge in [-0.3, -0.25) is 10.1 Å². The Balaban J connectivity index is 1.30. The van der Waals surface area contributed by atoms with Crippen LogP contribution in [0.5, 0.6) is 11.5 Å². The number of piperidine rings is 2. The van der Waals surface area contributed by atoms with Crippen LogP contribution in [0.2, 0.25) is 0 Å². The number of hydrogen-bond acceptors (Lipinski definition) is 11. The van der Waals surface area contributed by atoms with E-state index in [9.17, 15) is 10.1 Å². The lowest BCUT2D eigenvalue weighted by molar-refractivity contribution is -0.384. The van der Waals surface area contributed by atoms with Crippen LogP contribution in [0, 0.1) is 10.1 Å². The van der Waals surface area contributed by atoms with Crippen molar-refractivity contribution in [1.82, 2.24) is 15.0 Å². The second-order valence-electron chi connectivity index (χ2n) is 9.85. The topological polar surface area (TPSA) is 131 Å². The van der Waals surface area contributed by atoms with E-state index < -0.39 is 4.92 Å². The molecule has 3 aromatic rings. The number of hydrazone groups is 1. The number of ether oxygens (including phenoxy) is 2. The van der Waals surface area contributed by atoms with Gasteiger partial charge in [-0.2, -0.15) is 20.1 Å². The van der Waals surface area contributed by atoms with E-state index in [-0.39, 0.29) is 12.3 Å². The maximum absolute atomic E-state index is 11.1. The molecule has 2 fully saturated rings. The molecule has 0 aliphatic carbocycles. The number of non-ortho nitro benzene ring substituents is 1. The quantitative estimate of drug-likeness (QED) is 0.215. The maximum atomic E-state index is 11.1. The number of aromatic nitrogens is 3. The molecule has 0 saturated carbocycles. The fourth-order valence-electron chi connectivity index (χ4n) is 4.85. The molecule has 0 radical (unpaired) electrons. The van der Waals surface area contributed by atoms with E-state index >= 15 is 0 Å². The SMILES string of the molecule is COc1ccc(/C=N/Nc2nc(N3CCCCC3)nc(N3CCCCC3)n2)cc1OCc1cccc([N+](=O)[O-])c1. The van der Waals surface area contributed by atoms with Crippen LogP contribution in [0.4, 0.5) is 23.5 Å². The molecule has 0 amide bonds. The third-order valence-corrected chi connectivity index (χ3v) is 6.97. The van der Waals surface area contributed by atoms with E-state index in [1.807, 2.05) is 6.07 Å². The minimum Gasteiger partial charge on any atom is -0.493 e. The molecule has 0 spiro atoms. The summed E-state index contributed by atoms with van der Waals surface area (Å²) in [7, 11) is 1.56. The molecular formula is C28H34N8O4. The van der Waals surface area contributed by atoms with Crippen LogP contribution in [0.3, 0.4) is 0 Å². The molecule has 0 bridgehead atoms. The summed E-state index contributed by atoms with van der Waals surface area (Å²) in [6, 6.07) is 11.8. The van der Waals surface area contributed by atoms with Gasteiger partial charge in [0, 0.05) is 38.3 Å². The molecule has 12 nitrogen and oxygen atoms in total. The minimum atomic E-state index is -0.425. The van der Waals surface area contributed by atoms with E-state index in [2.05, 4.69) is 30.3 Å². The fraction of sp³-hybridized carbons (Fsp3) is 0.429. The van der Waals surface area contributed by atoms with E-state index in [1.54, 1.807) is 37.6 Å². The highest BCUT2D eigenvalue weighted by Crippen LogP contribution is 2.29. The number of nitrogens with zero attached hydrogens (tertiary/aromatic N) is 7. The van der Waals surface area contributed by atoms with Gasteiger partial charge in [-0.05, 0) is 67.9 Å². The molecule has 1 aromatic heterocycles. The molecular weight excluding hydrogens is 512 g/mol. The van der Waals surface area contributed by atoms with Gasteiger partial charge in [0.25, 0.3) is 5.69 Å². The number of nitro benzene ring substituents is 1. The van der Waals surface area contributed by atoms with Crippen molar-refractivity contribution >= 4 is 29.7 Å². The molecule has 0 unspecified atom stereocenters. The highest BCUT2D eigenvalue weighted by molar-refractivity contribution is 5.81. The number of anilines is 3. The van der Waals surface area contributed by atoms with Crippen LogP contribution < -0.4 is 24.7 Å². The Morgan fingerprint density at radius 3 is 2.23 bits per heavy atom. The van der Waals surface area contributed by atoms with Crippen LogP contribution in [0.1, 0.15) is 49.7 Å². The van der Waals surface area contributed by atoms with E-state index in [1.165, 1.54) is 25.0 Å². The molecule has 5 rings (SSSR count). The lowest BCUT2D eigenvalue weighted by Gasteiger charge is -2.30. The molecule has 12 heteroatoms. The van der Waals surface area contributed by atoms with Crippen molar-refractivity contribution < 1.29 is 14.4 Å². The Morgan fingerprint density at radius 1 is 0.925 bits per heavy atom. The summed E-state index contributed by atoms with van der Waals surface area (Å²) in [5.41, 5.74) is 4.46. The van der Waals surface area contributed by atoms with Gasteiger partial charge in [0.15, 0.2) is 11.5 Å². The smallest absolute Gasteiger partial charge is 0.269 e. The lowest BCUT2D eigenvalue weighted by atomic mass is 10.1. The van der Waals surface area contributed by atoms with E-state index in [4.69, 9.17) is 14.5 Å². The van der Waals surface area contributed by atoms with Crippen molar-refractivity contribution in [3.05, 3.63) is 63.7 Å². The van der Waals surface area contributed by atoms with Crippen LogP contribution in [0.15, 0.2) is 47.6 Å². The van der Waals surface area contributed by atoms with Gasteiger partial charge in [-0.1, -0.05) is 12.1 Å². The summed E-state index contributed by atoms with van der Waals surface area (Å²) in [5, 5.41) is 15.5. The second kappa shape index (κ2) is 13.0. The summed E-state index contributed by atoms with van der Waals surface area (Å²) in [6.07, 6.45) is 8.65. The Labute approximate surface area is 233 Å². The van der Waals surface area contributed by atoms with Crippen LogP contribution in [0.25, 0.3) is 0 Å². The van der Waals surface area contributed by atoms with Gasteiger partial charge in [0.2, 0.25) is 17.8 Å². The first-order chi connectivity index (χ1) is 19.6. The standard InChI is InChI=1S/C28H34N8O4/c1-39-24-12-11-21(18-25(24)40-20-22-9-8-10-23(17-22)36(37)38)19-29-33-26-30-27(34-13-4-2-5-14-34)32-28(31-26)35-15-6-3-7-16-35/h8-12,17-19H,2-7,13-16,20H2,1H3,(H,30,31,32,33)/b29-19+. The zero-order valence-corrected chi connectivity index (χ0v) is 22.7. The molecule has 2 aliphatic heterocycles. The first kappa shape index (κ1) is 27.1. The zero-order chi connectivity index (χ0) is 27.7. The van der Waals surface area contributed by atoms with Gasteiger partial charge in [0.1, 0.15) is 6.61 Å². The maximum Gasteiger partial charge on any atom is 0.269 e. The van der Waals surface area contributed by atoms with E-state index in [0.29, 0.717) is 34.9 Å². The van der Waals surface area contributed by atoms with Gasteiger partial charge >= 0.3 is 0 Å². The normalized spacial score (nSPS) is 15.7. The zero-order valence-electron chi connectivity index (χ0n) is 22.7. The largest absolute Gasteiger partial charge is 0.493 e. The van der Waals surface area contributed by atoms with E-state index in [0.717, 1.165) is 57.4 Å². The molecule has 0 atom stereocenters. The van der Waals surface area contributed by atoms with Crippen molar-refractivity contribution in [3.8, 4) is 11.5 Å². The highest BCUT2D eigenvalue weighted by Gasteiger charge is 2.20. The Hall–Kier alpha value is -4.48. The molecule has 1 N–H and O–H groups in total. The van der Waals surface area contributed by atoms with Crippen molar-refractivity contribution in [2.75, 3.05) is 48.5 Å². The molecule has 2 aromatic carbocycles. The van der Waals surface area contributed by atoms with Crippen LogP contribution in [-0.4, -0.2) is 59.4 Å². The average Bonchev–Trinajstić information content (AvgIpc) is 3.01. The van der Waals surface area contributed by atoms with Crippen molar-refractivity contribution in [1.29, 1.82) is 0 Å². The van der Waals surface area contributed by atoms with Crippen molar-refractivity contribution in [3.63, 3.8) is 0 Å². The lowest BCUT2D eigenvalue weighted by Crippen LogP contribution is -2.34. The molecule has 2 saturated heterocycles. The summed E-state index contributed by atoms with van der Waals surface area (Å²) in [4.78, 5) is 29.3. The van der Waals surface area contributed by atoms with Crippen LogP contribution >= 0.6 is 0 Å². The number of rotatable bonds is 10.